The summed E-state index contributed by atoms with van der Waals surface area (Å²) in [5.41, 5.74) is 1.23. The van der Waals surface area contributed by atoms with E-state index in [0.717, 1.165) is 37.9 Å². The van der Waals surface area contributed by atoms with Crippen LogP contribution in [0.4, 0.5) is 5.69 Å². The van der Waals surface area contributed by atoms with Gasteiger partial charge < -0.3 is 14.8 Å². The van der Waals surface area contributed by atoms with Gasteiger partial charge in [0.2, 0.25) is 0 Å². The average molecular weight is 233 g/mol. The quantitative estimate of drug-likeness (QED) is 0.809. The van der Waals surface area contributed by atoms with E-state index in [1.54, 1.807) is 18.2 Å². The van der Waals surface area contributed by atoms with Crippen LogP contribution in [0.25, 0.3) is 0 Å². The van der Waals surface area contributed by atoms with Crippen LogP contribution in [-0.4, -0.2) is 30.5 Å². The Morgan fingerprint density at radius 2 is 2.06 bits per heavy atom. The predicted octanol–water partition coefficient (Wildman–Crippen LogP) is 1.80. The molecule has 90 valence electrons. The van der Waals surface area contributed by atoms with E-state index < -0.39 is 5.97 Å². The predicted molar refractivity (Wildman–Crippen MR) is 64.4 cm³/mol. The van der Waals surface area contributed by atoms with Crippen LogP contribution in [-0.2, 0) is 4.79 Å². The highest BCUT2D eigenvalue weighted by atomic mass is 16.4. The molecule has 0 aliphatic carbocycles. The third kappa shape index (κ3) is 2.64. The summed E-state index contributed by atoms with van der Waals surface area (Å²) in [6.07, 6.45) is 2.71. The molecule has 1 aromatic rings. The number of aromatic carboxylic acids is 1. The Bertz CT molecular complexity index is 422. The number of carbonyl (C=O) groups excluding carboxylic acids is 1. The van der Waals surface area contributed by atoms with Crippen LogP contribution in [0.5, 0.6) is 0 Å². The summed E-state index contributed by atoms with van der Waals surface area (Å²) in [4.78, 5) is 23.7. The monoisotopic (exact) mass is 233 g/mol. The summed E-state index contributed by atoms with van der Waals surface area (Å²) < 4.78 is 0. The molecule has 1 aliphatic heterocycles. The lowest BCUT2D eigenvalue weighted by atomic mass is 9.98. The van der Waals surface area contributed by atoms with Crippen LogP contribution in [0.15, 0.2) is 24.3 Å². The van der Waals surface area contributed by atoms with E-state index in [2.05, 4.69) is 4.90 Å². The number of hydrogen-bond acceptors (Lipinski definition) is 3. The van der Waals surface area contributed by atoms with Crippen molar-refractivity contribution in [2.24, 2.45) is 5.92 Å². The lowest BCUT2D eigenvalue weighted by molar-refractivity contribution is -0.111. The highest BCUT2D eigenvalue weighted by Gasteiger charge is 2.19. The zero-order valence-corrected chi connectivity index (χ0v) is 9.50. The van der Waals surface area contributed by atoms with E-state index in [1.807, 2.05) is 6.07 Å². The fourth-order valence-electron chi connectivity index (χ4n) is 2.13. The van der Waals surface area contributed by atoms with E-state index in [4.69, 9.17) is 5.11 Å². The molecule has 0 unspecified atom stereocenters. The smallest absolute Gasteiger partial charge is 0.335 e. The molecule has 0 amide bonds. The minimum absolute atomic E-state index is 0.161. The molecule has 1 aliphatic rings. The zero-order chi connectivity index (χ0) is 12.3. The van der Waals surface area contributed by atoms with Gasteiger partial charge in [-0.3, -0.25) is 0 Å². The van der Waals surface area contributed by atoms with Crippen LogP contribution >= 0.6 is 0 Å². The molecule has 1 fully saturated rings. The van der Waals surface area contributed by atoms with Crippen LogP contribution < -0.4 is 4.90 Å². The van der Waals surface area contributed by atoms with Crippen molar-refractivity contribution in [2.45, 2.75) is 12.8 Å². The van der Waals surface area contributed by atoms with E-state index in [1.165, 1.54) is 0 Å². The standard InChI is InChI=1S/C13H15NO3/c15-9-10-4-6-14(7-5-10)12-3-1-2-11(8-12)13(16)17/h1-3,8-10H,4-7H2,(H,16,17). The number of hydrogen-bond donors (Lipinski definition) is 1. The number of nitrogens with zero attached hydrogens (tertiary/aromatic N) is 1. The first-order valence-corrected chi connectivity index (χ1v) is 5.74. The van der Waals surface area contributed by atoms with Crippen molar-refractivity contribution < 1.29 is 14.7 Å². The molecular formula is C13H15NO3. The number of anilines is 1. The first-order valence-electron chi connectivity index (χ1n) is 5.74. The Morgan fingerprint density at radius 1 is 1.35 bits per heavy atom. The minimum atomic E-state index is -0.908. The van der Waals surface area contributed by atoms with Gasteiger partial charge in [-0.05, 0) is 31.0 Å². The van der Waals surface area contributed by atoms with E-state index >= 15 is 0 Å². The Balaban J connectivity index is 2.10. The molecule has 1 heterocycles. The average Bonchev–Trinajstić information content (AvgIpc) is 2.39. The molecule has 0 spiro atoms. The molecule has 1 saturated heterocycles. The van der Waals surface area contributed by atoms with Crippen molar-refractivity contribution in [1.82, 2.24) is 0 Å². The minimum Gasteiger partial charge on any atom is -0.478 e. The molecule has 0 radical (unpaired) electrons. The second kappa shape index (κ2) is 4.99. The largest absolute Gasteiger partial charge is 0.478 e. The topological polar surface area (TPSA) is 57.6 Å². The van der Waals surface area contributed by atoms with Crippen LogP contribution in [0.3, 0.4) is 0 Å². The second-order valence-electron chi connectivity index (χ2n) is 4.32. The number of benzene rings is 1. The molecule has 1 N–H and O–H groups in total. The van der Waals surface area contributed by atoms with Gasteiger partial charge in [0.15, 0.2) is 0 Å². The van der Waals surface area contributed by atoms with Crippen molar-refractivity contribution >= 4 is 17.9 Å². The normalized spacial score (nSPS) is 16.8. The molecule has 0 atom stereocenters. The van der Waals surface area contributed by atoms with E-state index in [-0.39, 0.29) is 5.92 Å². The third-order valence-corrected chi connectivity index (χ3v) is 3.19. The number of carbonyl (C=O) groups is 2. The summed E-state index contributed by atoms with van der Waals surface area (Å²) in [6, 6.07) is 6.94. The molecule has 17 heavy (non-hydrogen) atoms. The fraction of sp³-hybridized carbons (Fsp3) is 0.385. The summed E-state index contributed by atoms with van der Waals surface area (Å²) >= 11 is 0. The van der Waals surface area contributed by atoms with Gasteiger partial charge in [0.25, 0.3) is 0 Å². The van der Waals surface area contributed by atoms with Crippen molar-refractivity contribution in [3.63, 3.8) is 0 Å². The maximum Gasteiger partial charge on any atom is 0.335 e. The zero-order valence-electron chi connectivity index (χ0n) is 9.50. The van der Waals surface area contributed by atoms with E-state index in [0.29, 0.717) is 5.56 Å². The Kier molecular flexibility index (Phi) is 3.42. The first kappa shape index (κ1) is 11.6. The number of carboxylic acids is 1. The fourth-order valence-corrected chi connectivity index (χ4v) is 2.13. The van der Waals surface area contributed by atoms with Gasteiger partial charge in [-0.1, -0.05) is 6.07 Å². The lowest BCUT2D eigenvalue weighted by Gasteiger charge is -2.31. The highest BCUT2D eigenvalue weighted by Crippen LogP contribution is 2.23. The molecule has 0 saturated carbocycles. The molecule has 0 bridgehead atoms. The van der Waals surface area contributed by atoms with Crippen molar-refractivity contribution in [2.75, 3.05) is 18.0 Å². The van der Waals surface area contributed by atoms with Gasteiger partial charge in [-0.2, -0.15) is 0 Å². The van der Waals surface area contributed by atoms with Gasteiger partial charge in [0.05, 0.1) is 5.56 Å². The van der Waals surface area contributed by atoms with Crippen LogP contribution in [0.1, 0.15) is 23.2 Å². The third-order valence-electron chi connectivity index (χ3n) is 3.19. The maximum absolute atomic E-state index is 10.9. The number of piperidine rings is 1. The molecule has 4 heteroatoms. The number of rotatable bonds is 3. The van der Waals surface area contributed by atoms with Gasteiger partial charge >= 0.3 is 5.97 Å². The highest BCUT2D eigenvalue weighted by molar-refractivity contribution is 5.88. The summed E-state index contributed by atoms with van der Waals surface area (Å²) in [7, 11) is 0. The lowest BCUT2D eigenvalue weighted by Crippen LogP contribution is -2.34. The van der Waals surface area contributed by atoms with E-state index in [9.17, 15) is 9.59 Å². The maximum atomic E-state index is 10.9. The molecule has 0 aromatic heterocycles. The summed E-state index contributed by atoms with van der Waals surface area (Å²) in [6.45, 7) is 1.62. The Hall–Kier alpha value is -1.84. The summed E-state index contributed by atoms with van der Waals surface area (Å²) in [5.74, 6) is -0.747. The van der Waals surface area contributed by atoms with Crippen molar-refractivity contribution in [1.29, 1.82) is 0 Å². The van der Waals surface area contributed by atoms with Gasteiger partial charge in [-0.25, -0.2) is 4.79 Å². The Labute approximate surface area is 99.9 Å². The van der Waals surface area contributed by atoms with Gasteiger partial charge in [0.1, 0.15) is 6.29 Å². The van der Waals surface area contributed by atoms with Crippen molar-refractivity contribution in [3.05, 3.63) is 29.8 Å². The van der Waals surface area contributed by atoms with Crippen LogP contribution in [0, 0.1) is 5.92 Å². The Morgan fingerprint density at radius 3 is 2.65 bits per heavy atom. The van der Waals surface area contributed by atoms with Gasteiger partial charge in [0, 0.05) is 24.7 Å². The molecule has 2 rings (SSSR count). The summed E-state index contributed by atoms with van der Waals surface area (Å²) in [5, 5.41) is 8.92. The molecular weight excluding hydrogens is 218 g/mol. The van der Waals surface area contributed by atoms with Crippen LogP contribution in [0.2, 0.25) is 0 Å². The van der Waals surface area contributed by atoms with Gasteiger partial charge in [-0.15, -0.1) is 0 Å². The molecule has 4 nitrogen and oxygen atoms in total. The number of aldehydes is 1. The first-order chi connectivity index (χ1) is 8.20. The SMILES string of the molecule is O=CC1CCN(c2cccc(C(=O)O)c2)CC1. The molecule has 1 aromatic carbocycles. The van der Waals surface area contributed by atoms with Crippen molar-refractivity contribution in [3.8, 4) is 0 Å². The number of carboxylic acid groups (broad SMARTS) is 1. The second-order valence-corrected chi connectivity index (χ2v) is 4.32.